The van der Waals surface area contributed by atoms with Crippen LogP contribution in [0.25, 0.3) is 0 Å². The second-order valence-corrected chi connectivity index (χ2v) is 8.19. The van der Waals surface area contributed by atoms with Gasteiger partial charge in [0.2, 0.25) is 0 Å². The van der Waals surface area contributed by atoms with Gasteiger partial charge in [0.1, 0.15) is 5.69 Å². The molecule has 2 heterocycles. The van der Waals surface area contributed by atoms with Crippen LogP contribution in [0.2, 0.25) is 0 Å². The average molecular weight is 313 g/mol. The number of amides is 1. The fraction of sp³-hybridized carbons (Fsp3) is 0.714. The topological polar surface area (TPSA) is 81.1 Å². The van der Waals surface area contributed by atoms with Crippen molar-refractivity contribution in [2.75, 3.05) is 11.5 Å². The summed E-state index contributed by atoms with van der Waals surface area (Å²) >= 11 is 0. The molecule has 21 heavy (non-hydrogen) atoms. The van der Waals surface area contributed by atoms with Crippen LogP contribution < -0.4 is 5.32 Å². The van der Waals surface area contributed by atoms with E-state index in [1.807, 2.05) is 4.68 Å². The maximum Gasteiger partial charge on any atom is 0.272 e. The van der Waals surface area contributed by atoms with Crippen LogP contribution >= 0.6 is 0 Å². The summed E-state index contributed by atoms with van der Waals surface area (Å²) in [6.07, 6.45) is 4.17. The lowest BCUT2D eigenvalue weighted by molar-refractivity contribution is 0.0909. The molecule has 1 saturated heterocycles. The molecule has 1 aromatic heterocycles. The second kappa shape index (κ2) is 5.79. The maximum absolute atomic E-state index is 12.2. The number of hydrogen-bond acceptors (Lipinski definition) is 4. The van der Waals surface area contributed by atoms with Crippen LogP contribution in [0.1, 0.15) is 56.6 Å². The third-order valence-corrected chi connectivity index (χ3v) is 5.98. The normalized spacial score (nSPS) is 24.4. The molecule has 0 aliphatic carbocycles. The zero-order valence-electron chi connectivity index (χ0n) is 12.8. The van der Waals surface area contributed by atoms with Crippen molar-refractivity contribution in [3.63, 3.8) is 0 Å². The van der Waals surface area contributed by atoms with Crippen molar-refractivity contribution in [3.05, 3.63) is 18.0 Å². The van der Waals surface area contributed by atoms with Crippen molar-refractivity contribution in [1.82, 2.24) is 15.1 Å². The van der Waals surface area contributed by atoms with E-state index in [2.05, 4.69) is 24.3 Å². The largest absolute Gasteiger partial charge is 0.344 e. The molecule has 2 rings (SSSR count). The Kier molecular flexibility index (Phi) is 4.41. The van der Waals surface area contributed by atoms with Gasteiger partial charge in [-0.2, -0.15) is 5.10 Å². The molecule has 118 valence electrons. The molecule has 1 amide bonds. The van der Waals surface area contributed by atoms with Crippen LogP contribution in [0, 0.1) is 0 Å². The maximum atomic E-state index is 12.2. The van der Waals surface area contributed by atoms with Crippen molar-refractivity contribution in [1.29, 1.82) is 0 Å². The van der Waals surface area contributed by atoms with Crippen molar-refractivity contribution >= 4 is 15.7 Å². The van der Waals surface area contributed by atoms with Gasteiger partial charge in [0.15, 0.2) is 9.84 Å². The first kappa shape index (κ1) is 16.0. The first-order valence-corrected chi connectivity index (χ1v) is 9.19. The smallest absolute Gasteiger partial charge is 0.272 e. The van der Waals surface area contributed by atoms with E-state index in [4.69, 9.17) is 0 Å². The lowest BCUT2D eigenvalue weighted by Crippen LogP contribution is -2.47. The number of carbonyl (C=O) groups is 1. The Balaban J connectivity index is 2.08. The number of rotatable bonds is 5. The van der Waals surface area contributed by atoms with Gasteiger partial charge in [-0.25, -0.2) is 8.42 Å². The van der Waals surface area contributed by atoms with E-state index >= 15 is 0 Å². The highest BCUT2D eigenvalue weighted by Gasteiger charge is 2.39. The second-order valence-electron chi connectivity index (χ2n) is 6.01. The van der Waals surface area contributed by atoms with E-state index in [1.165, 1.54) is 0 Å². The lowest BCUT2D eigenvalue weighted by Gasteiger charge is -2.23. The molecule has 6 nitrogen and oxygen atoms in total. The summed E-state index contributed by atoms with van der Waals surface area (Å²) in [6.45, 7) is 5.94. The molecule has 7 heteroatoms. The van der Waals surface area contributed by atoms with Gasteiger partial charge < -0.3 is 5.32 Å². The third-order valence-electron chi connectivity index (χ3n) is 4.08. The highest BCUT2D eigenvalue weighted by Crippen LogP contribution is 2.23. The molecule has 0 aromatic carbocycles. The zero-order valence-corrected chi connectivity index (χ0v) is 13.6. The molecule has 1 fully saturated rings. The molecule has 0 bridgehead atoms. The fourth-order valence-electron chi connectivity index (χ4n) is 2.77. The first-order valence-electron chi connectivity index (χ1n) is 7.36. The summed E-state index contributed by atoms with van der Waals surface area (Å²) in [4.78, 5) is 12.2. The molecule has 1 N–H and O–H groups in total. The van der Waals surface area contributed by atoms with Crippen LogP contribution in [0.4, 0.5) is 0 Å². The van der Waals surface area contributed by atoms with Crippen LogP contribution in [0.5, 0.6) is 0 Å². The van der Waals surface area contributed by atoms with E-state index in [0.29, 0.717) is 12.1 Å². The van der Waals surface area contributed by atoms with E-state index in [0.717, 1.165) is 12.8 Å². The number of nitrogens with zero attached hydrogens (tertiary/aromatic N) is 2. The van der Waals surface area contributed by atoms with Gasteiger partial charge in [-0.05, 0) is 32.3 Å². The van der Waals surface area contributed by atoms with Gasteiger partial charge in [-0.15, -0.1) is 0 Å². The van der Waals surface area contributed by atoms with Crippen LogP contribution in [0.3, 0.4) is 0 Å². The third kappa shape index (κ3) is 3.64. The van der Waals surface area contributed by atoms with E-state index < -0.39 is 15.4 Å². The molecule has 1 unspecified atom stereocenters. The minimum absolute atomic E-state index is 0.000998. The summed E-state index contributed by atoms with van der Waals surface area (Å²) in [5.74, 6) is -0.176. The van der Waals surface area contributed by atoms with Gasteiger partial charge in [0.05, 0.1) is 23.1 Å². The van der Waals surface area contributed by atoms with Crippen LogP contribution in [0.15, 0.2) is 12.3 Å². The van der Waals surface area contributed by atoms with Gasteiger partial charge in [0.25, 0.3) is 5.91 Å². The van der Waals surface area contributed by atoms with Crippen molar-refractivity contribution in [2.24, 2.45) is 0 Å². The Bertz CT molecular complexity index is 619. The number of hydrogen-bond donors (Lipinski definition) is 1. The summed E-state index contributed by atoms with van der Waals surface area (Å²) < 4.78 is 24.9. The van der Waals surface area contributed by atoms with Crippen molar-refractivity contribution in [2.45, 2.75) is 51.6 Å². The molecule has 0 radical (unpaired) electrons. The van der Waals surface area contributed by atoms with Gasteiger partial charge in [0, 0.05) is 6.20 Å². The predicted octanol–water partition coefficient (Wildman–Crippen LogP) is 1.55. The first-order chi connectivity index (χ1) is 9.78. The Labute approximate surface area is 125 Å². The van der Waals surface area contributed by atoms with Gasteiger partial charge in [-0.3, -0.25) is 9.48 Å². The summed E-state index contributed by atoms with van der Waals surface area (Å²) in [7, 11) is -3.04. The molecule has 1 atom stereocenters. The molecular formula is C14H23N3O3S. The molecular weight excluding hydrogens is 290 g/mol. The van der Waals surface area contributed by atoms with E-state index in [9.17, 15) is 13.2 Å². The summed E-state index contributed by atoms with van der Waals surface area (Å²) in [5.41, 5.74) is -0.346. The average Bonchev–Trinajstić information content (AvgIpc) is 2.96. The standard InChI is InChI=1S/C14H23N3O3S/c1-4-11(5-2)17-8-6-12(16-17)13(18)15-14(3)7-9-21(19,20)10-14/h6,8,11H,4-5,7,9-10H2,1-3H3,(H,15,18). The molecule has 0 saturated carbocycles. The lowest BCUT2D eigenvalue weighted by atomic mass is 10.0. The summed E-state index contributed by atoms with van der Waals surface area (Å²) in [6, 6.07) is 1.97. The Morgan fingerprint density at radius 2 is 2.14 bits per heavy atom. The molecule has 1 aromatic rings. The van der Waals surface area contributed by atoms with Crippen molar-refractivity contribution < 1.29 is 13.2 Å². The minimum Gasteiger partial charge on any atom is -0.344 e. The van der Waals surface area contributed by atoms with Gasteiger partial charge >= 0.3 is 0 Å². The quantitative estimate of drug-likeness (QED) is 0.894. The highest BCUT2D eigenvalue weighted by molar-refractivity contribution is 7.91. The van der Waals surface area contributed by atoms with Gasteiger partial charge in [-0.1, -0.05) is 13.8 Å². The highest BCUT2D eigenvalue weighted by atomic mass is 32.2. The Morgan fingerprint density at radius 3 is 2.67 bits per heavy atom. The number of sulfone groups is 1. The van der Waals surface area contributed by atoms with Crippen molar-refractivity contribution in [3.8, 4) is 0 Å². The summed E-state index contributed by atoms with van der Waals surface area (Å²) in [5, 5.41) is 7.14. The Morgan fingerprint density at radius 1 is 1.48 bits per heavy atom. The number of carbonyl (C=O) groups excluding carboxylic acids is 1. The Hall–Kier alpha value is -1.37. The molecule has 1 aliphatic rings. The van der Waals surface area contributed by atoms with E-state index in [1.54, 1.807) is 19.2 Å². The zero-order chi connectivity index (χ0) is 15.7. The number of nitrogens with one attached hydrogen (secondary N) is 1. The molecule has 1 aliphatic heterocycles. The predicted molar refractivity (Wildman–Crippen MR) is 81.0 cm³/mol. The monoisotopic (exact) mass is 313 g/mol. The van der Waals surface area contributed by atoms with E-state index in [-0.39, 0.29) is 23.5 Å². The minimum atomic E-state index is -3.04. The fourth-order valence-corrected chi connectivity index (χ4v) is 4.87. The van der Waals surface area contributed by atoms with Crippen LogP contribution in [-0.2, 0) is 9.84 Å². The van der Waals surface area contributed by atoms with Crippen LogP contribution in [-0.4, -0.2) is 41.2 Å². The molecule has 0 spiro atoms. The number of aromatic nitrogens is 2. The SMILES string of the molecule is CCC(CC)n1ccc(C(=O)NC2(C)CCS(=O)(=O)C2)n1.